The predicted octanol–water partition coefficient (Wildman–Crippen LogP) is 2.36. The molecule has 2 aliphatic carbocycles. The molecule has 114 valence electrons. The topological polar surface area (TPSA) is 72.2 Å². The van der Waals surface area contributed by atoms with Crippen LogP contribution in [0.25, 0.3) is 0 Å². The van der Waals surface area contributed by atoms with Gasteiger partial charge in [0.2, 0.25) is 11.8 Å². The molecule has 0 bridgehead atoms. The molecule has 0 spiro atoms. The second-order valence-electron chi connectivity index (χ2n) is 7.70. The zero-order valence-electron chi connectivity index (χ0n) is 13.0. The number of hydrogen-bond donors (Lipinski definition) is 2. The summed E-state index contributed by atoms with van der Waals surface area (Å²) in [5.41, 5.74) is 4.77. The van der Waals surface area contributed by atoms with Gasteiger partial charge in [-0.05, 0) is 46.0 Å². The summed E-state index contributed by atoms with van der Waals surface area (Å²) in [6.45, 7) is 5.92. The summed E-state index contributed by atoms with van der Waals surface area (Å²) in [6, 6.07) is 0. The summed E-state index contributed by atoms with van der Waals surface area (Å²) in [6.07, 6.45) is 7.26. The van der Waals surface area contributed by atoms with Crippen molar-refractivity contribution < 1.29 is 9.59 Å². The van der Waals surface area contributed by atoms with Gasteiger partial charge in [0, 0.05) is 5.54 Å². The fourth-order valence-electron chi connectivity index (χ4n) is 3.52. The van der Waals surface area contributed by atoms with Crippen molar-refractivity contribution in [3.05, 3.63) is 0 Å². The Labute approximate surface area is 121 Å². The lowest BCUT2D eigenvalue weighted by Crippen LogP contribution is -2.48. The van der Waals surface area contributed by atoms with Gasteiger partial charge in [-0.3, -0.25) is 9.59 Å². The van der Waals surface area contributed by atoms with Gasteiger partial charge < -0.3 is 11.1 Å². The van der Waals surface area contributed by atoms with Crippen molar-refractivity contribution in [2.75, 3.05) is 0 Å². The highest BCUT2D eigenvalue weighted by Gasteiger charge is 2.57. The van der Waals surface area contributed by atoms with Crippen molar-refractivity contribution in [2.24, 2.45) is 23.0 Å². The molecule has 0 heterocycles. The molecule has 0 aliphatic heterocycles. The summed E-state index contributed by atoms with van der Waals surface area (Å²) in [4.78, 5) is 24.4. The number of nitrogens with two attached hydrogens (primary N) is 1. The van der Waals surface area contributed by atoms with E-state index < -0.39 is 5.41 Å². The Morgan fingerprint density at radius 3 is 2.20 bits per heavy atom. The van der Waals surface area contributed by atoms with E-state index in [1.54, 1.807) is 0 Å². The first-order chi connectivity index (χ1) is 9.24. The molecular weight excluding hydrogens is 252 g/mol. The van der Waals surface area contributed by atoms with Crippen LogP contribution >= 0.6 is 0 Å². The highest BCUT2D eigenvalue weighted by Crippen LogP contribution is 2.54. The van der Waals surface area contributed by atoms with Gasteiger partial charge in [-0.2, -0.15) is 0 Å². The molecule has 0 radical (unpaired) electrons. The van der Waals surface area contributed by atoms with Crippen molar-refractivity contribution in [2.45, 2.75) is 71.3 Å². The first-order valence-corrected chi connectivity index (χ1v) is 7.86. The Morgan fingerprint density at radius 2 is 1.80 bits per heavy atom. The summed E-state index contributed by atoms with van der Waals surface area (Å²) in [5, 5.41) is 3.05. The fourth-order valence-corrected chi connectivity index (χ4v) is 3.52. The normalized spacial score (nSPS) is 23.4. The van der Waals surface area contributed by atoms with E-state index in [2.05, 4.69) is 5.32 Å². The molecule has 4 nitrogen and oxygen atoms in total. The minimum absolute atomic E-state index is 0.0145. The zero-order valence-corrected chi connectivity index (χ0v) is 13.0. The highest BCUT2D eigenvalue weighted by molar-refractivity contribution is 5.92. The van der Waals surface area contributed by atoms with E-state index >= 15 is 0 Å². The molecule has 0 aromatic carbocycles. The van der Waals surface area contributed by atoms with Gasteiger partial charge in [0.15, 0.2) is 0 Å². The van der Waals surface area contributed by atoms with Crippen molar-refractivity contribution in [3.63, 3.8) is 0 Å². The quantitative estimate of drug-likeness (QED) is 0.811. The van der Waals surface area contributed by atoms with Gasteiger partial charge in [-0.15, -0.1) is 0 Å². The Hall–Kier alpha value is -1.06. The van der Waals surface area contributed by atoms with E-state index in [4.69, 9.17) is 5.73 Å². The van der Waals surface area contributed by atoms with E-state index in [1.165, 1.54) is 25.7 Å². The summed E-state index contributed by atoms with van der Waals surface area (Å²) < 4.78 is 0. The van der Waals surface area contributed by atoms with Crippen LogP contribution in [-0.4, -0.2) is 17.4 Å². The average molecular weight is 280 g/mol. The van der Waals surface area contributed by atoms with Crippen LogP contribution in [0.4, 0.5) is 0 Å². The van der Waals surface area contributed by atoms with Crippen LogP contribution < -0.4 is 11.1 Å². The molecule has 0 aromatic rings. The standard InChI is InChI=1S/C16H28N2O2/c1-15(2,3)18-13(19)12(10-11-6-4-5-7-11)16(8-9-16)14(17)20/h11-12H,4-10H2,1-3H3,(H2,17,20)(H,18,19). The molecule has 4 heteroatoms. The minimum atomic E-state index is -0.558. The van der Waals surface area contributed by atoms with E-state index in [9.17, 15) is 9.59 Å². The van der Waals surface area contributed by atoms with Crippen LogP contribution in [-0.2, 0) is 9.59 Å². The monoisotopic (exact) mass is 280 g/mol. The maximum absolute atomic E-state index is 12.6. The van der Waals surface area contributed by atoms with Gasteiger partial charge in [0.25, 0.3) is 0 Å². The maximum atomic E-state index is 12.6. The molecule has 20 heavy (non-hydrogen) atoms. The number of nitrogens with one attached hydrogen (secondary N) is 1. The first kappa shape index (κ1) is 15.3. The lowest BCUT2D eigenvalue weighted by atomic mass is 9.79. The lowest BCUT2D eigenvalue weighted by molar-refractivity contribution is -0.136. The van der Waals surface area contributed by atoms with Crippen LogP contribution in [0.3, 0.4) is 0 Å². The molecule has 0 aromatic heterocycles. The molecule has 2 amide bonds. The fraction of sp³-hybridized carbons (Fsp3) is 0.875. The molecule has 2 fully saturated rings. The molecule has 1 atom stereocenters. The summed E-state index contributed by atoms with van der Waals surface area (Å²) in [5.74, 6) is 0.0788. The number of primary amides is 1. The third-order valence-corrected chi connectivity index (χ3v) is 4.80. The Morgan fingerprint density at radius 1 is 1.25 bits per heavy atom. The van der Waals surface area contributed by atoms with Gasteiger partial charge >= 0.3 is 0 Å². The molecule has 0 saturated heterocycles. The molecule has 2 rings (SSSR count). The molecule has 3 N–H and O–H groups in total. The van der Waals surface area contributed by atoms with Crippen molar-refractivity contribution in [1.82, 2.24) is 5.32 Å². The van der Waals surface area contributed by atoms with Crippen LogP contribution in [0.1, 0.15) is 65.7 Å². The first-order valence-electron chi connectivity index (χ1n) is 7.86. The van der Waals surface area contributed by atoms with E-state index in [0.29, 0.717) is 5.92 Å². The Balaban J connectivity index is 2.11. The minimum Gasteiger partial charge on any atom is -0.369 e. The molecule has 2 saturated carbocycles. The average Bonchev–Trinajstić information content (AvgIpc) is 2.95. The van der Waals surface area contributed by atoms with Gasteiger partial charge in [0.05, 0.1) is 11.3 Å². The number of amides is 2. The number of hydrogen-bond acceptors (Lipinski definition) is 2. The van der Waals surface area contributed by atoms with Crippen molar-refractivity contribution >= 4 is 11.8 Å². The smallest absolute Gasteiger partial charge is 0.224 e. The lowest BCUT2D eigenvalue weighted by Gasteiger charge is -2.30. The SMILES string of the molecule is CC(C)(C)NC(=O)C(CC1CCCC1)C1(C(N)=O)CC1. The summed E-state index contributed by atoms with van der Waals surface area (Å²) in [7, 11) is 0. The van der Waals surface area contributed by atoms with Crippen LogP contribution in [0.15, 0.2) is 0 Å². The van der Waals surface area contributed by atoms with Crippen molar-refractivity contribution in [1.29, 1.82) is 0 Å². The Kier molecular flexibility index (Phi) is 4.12. The second-order valence-corrected chi connectivity index (χ2v) is 7.70. The predicted molar refractivity (Wildman–Crippen MR) is 78.8 cm³/mol. The van der Waals surface area contributed by atoms with Crippen molar-refractivity contribution in [3.8, 4) is 0 Å². The van der Waals surface area contributed by atoms with Gasteiger partial charge in [0.1, 0.15) is 0 Å². The largest absolute Gasteiger partial charge is 0.369 e. The third kappa shape index (κ3) is 3.33. The summed E-state index contributed by atoms with van der Waals surface area (Å²) >= 11 is 0. The number of carbonyl (C=O) groups excluding carboxylic acids is 2. The van der Waals surface area contributed by atoms with E-state index in [-0.39, 0.29) is 23.3 Å². The van der Waals surface area contributed by atoms with E-state index in [1.807, 2.05) is 20.8 Å². The van der Waals surface area contributed by atoms with Crippen LogP contribution in [0, 0.1) is 17.3 Å². The van der Waals surface area contributed by atoms with Crippen LogP contribution in [0.2, 0.25) is 0 Å². The van der Waals surface area contributed by atoms with Gasteiger partial charge in [-0.1, -0.05) is 25.7 Å². The number of carbonyl (C=O) groups is 2. The van der Waals surface area contributed by atoms with Crippen LogP contribution in [0.5, 0.6) is 0 Å². The number of rotatable bonds is 5. The Bertz CT molecular complexity index is 388. The second kappa shape index (κ2) is 5.38. The molecule has 1 unspecified atom stereocenters. The maximum Gasteiger partial charge on any atom is 0.224 e. The van der Waals surface area contributed by atoms with E-state index in [0.717, 1.165) is 19.3 Å². The third-order valence-electron chi connectivity index (χ3n) is 4.80. The van der Waals surface area contributed by atoms with Gasteiger partial charge in [-0.25, -0.2) is 0 Å². The highest BCUT2D eigenvalue weighted by atomic mass is 16.2. The zero-order chi connectivity index (χ0) is 15.0. The molecular formula is C16H28N2O2. The molecule has 2 aliphatic rings.